The van der Waals surface area contributed by atoms with Crippen LogP contribution in [0, 0.1) is 0 Å². The van der Waals surface area contributed by atoms with Crippen molar-refractivity contribution < 1.29 is 14.3 Å². The SMILES string of the molecule is COc1ccc2c3c(n(-c4ccc5nc[nH]c5c4)c(=O)c2c1OC)-c1ccccc1C3=O. The lowest BCUT2D eigenvalue weighted by Crippen LogP contribution is -2.22. The largest absolute Gasteiger partial charge is 0.493 e. The van der Waals surface area contributed by atoms with Gasteiger partial charge < -0.3 is 14.5 Å². The molecule has 0 bridgehead atoms. The van der Waals surface area contributed by atoms with E-state index in [1.807, 2.05) is 36.4 Å². The van der Waals surface area contributed by atoms with E-state index in [0.717, 1.165) is 16.6 Å². The van der Waals surface area contributed by atoms with Crippen molar-refractivity contribution in [3.63, 3.8) is 0 Å². The second-order valence-electron chi connectivity index (χ2n) is 7.57. The maximum Gasteiger partial charge on any atom is 0.267 e. The number of nitrogens with one attached hydrogen (secondary N) is 1. The summed E-state index contributed by atoms with van der Waals surface area (Å²) in [6.07, 6.45) is 1.61. The predicted octanol–water partition coefficient (Wildman–Crippen LogP) is 4.10. The molecular weight excluding hydrogens is 406 g/mol. The molecule has 0 spiro atoms. The summed E-state index contributed by atoms with van der Waals surface area (Å²) in [7, 11) is 3.00. The van der Waals surface area contributed by atoms with E-state index < -0.39 is 0 Å². The number of carbonyl (C=O) groups is 1. The normalized spacial score (nSPS) is 12.2. The number of nitrogens with zero attached hydrogens (tertiary/aromatic N) is 2. The number of ketones is 1. The zero-order valence-electron chi connectivity index (χ0n) is 17.3. The molecule has 7 heteroatoms. The molecule has 2 heterocycles. The average molecular weight is 423 g/mol. The number of fused-ring (bicyclic) bond motifs is 6. The van der Waals surface area contributed by atoms with Crippen molar-refractivity contribution in [1.82, 2.24) is 14.5 Å². The highest BCUT2D eigenvalue weighted by Crippen LogP contribution is 2.43. The van der Waals surface area contributed by atoms with E-state index in [9.17, 15) is 9.59 Å². The fourth-order valence-electron chi connectivity index (χ4n) is 4.62. The third-order valence-corrected chi connectivity index (χ3v) is 6.01. The molecule has 0 amide bonds. The van der Waals surface area contributed by atoms with Crippen LogP contribution in [0.4, 0.5) is 0 Å². The van der Waals surface area contributed by atoms with Crippen molar-refractivity contribution in [3.05, 3.63) is 82.4 Å². The Labute approximate surface area is 181 Å². The van der Waals surface area contributed by atoms with Gasteiger partial charge in [0.15, 0.2) is 17.3 Å². The zero-order chi connectivity index (χ0) is 22.0. The summed E-state index contributed by atoms with van der Waals surface area (Å²) < 4.78 is 12.6. The highest BCUT2D eigenvalue weighted by molar-refractivity contribution is 6.27. The molecule has 2 aromatic heterocycles. The maximum atomic E-state index is 14.0. The molecule has 1 aliphatic rings. The van der Waals surface area contributed by atoms with Crippen LogP contribution in [0.5, 0.6) is 11.5 Å². The van der Waals surface area contributed by atoms with Crippen LogP contribution in [0.25, 0.3) is 38.8 Å². The Morgan fingerprint density at radius 1 is 0.938 bits per heavy atom. The summed E-state index contributed by atoms with van der Waals surface area (Å²) in [6, 6.07) is 16.4. The molecule has 0 unspecified atom stereocenters. The highest BCUT2D eigenvalue weighted by Gasteiger charge is 2.34. The summed E-state index contributed by atoms with van der Waals surface area (Å²) in [5, 5.41) is 0.846. The van der Waals surface area contributed by atoms with Gasteiger partial charge in [-0.1, -0.05) is 24.3 Å². The van der Waals surface area contributed by atoms with E-state index in [4.69, 9.17) is 9.47 Å². The fraction of sp³-hybridized carbons (Fsp3) is 0.0800. The van der Waals surface area contributed by atoms with Crippen molar-refractivity contribution in [2.75, 3.05) is 14.2 Å². The number of H-pyrrole nitrogens is 1. The van der Waals surface area contributed by atoms with E-state index in [1.165, 1.54) is 14.2 Å². The Kier molecular flexibility index (Phi) is 3.76. The van der Waals surface area contributed by atoms with Crippen LogP contribution in [0.2, 0.25) is 0 Å². The second-order valence-corrected chi connectivity index (χ2v) is 7.57. The lowest BCUT2D eigenvalue weighted by atomic mass is 10.0. The number of ether oxygens (including phenoxy) is 2. The molecule has 0 radical (unpaired) electrons. The molecule has 6 rings (SSSR count). The lowest BCUT2D eigenvalue weighted by Gasteiger charge is -2.17. The van der Waals surface area contributed by atoms with E-state index in [2.05, 4.69) is 9.97 Å². The Morgan fingerprint density at radius 3 is 2.53 bits per heavy atom. The molecule has 32 heavy (non-hydrogen) atoms. The van der Waals surface area contributed by atoms with Gasteiger partial charge in [0.1, 0.15) is 0 Å². The Bertz CT molecular complexity index is 1650. The van der Waals surface area contributed by atoms with Gasteiger partial charge in [-0.15, -0.1) is 0 Å². The smallest absolute Gasteiger partial charge is 0.267 e. The first-order chi connectivity index (χ1) is 15.6. The number of carbonyl (C=O) groups excluding carboxylic acids is 1. The van der Waals surface area contributed by atoms with E-state index >= 15 is 0 Å². The standard InChI is InChI=1S/C25H17N3O4/c1-31-19-10-8-16-20-22(14-5-3-4-6-15(14)23(20)29)28(25(30)21(16)24(19)32-2)13-7-9-17-18(11-13)27-12-26-17/h3-12H,1-2H3,(H,26,27). The van der Waals surface area contributed by atoms with Crippen LogP contribution in [-0.2, 0) is 0 Å². The molecule has 1 N–H and O–H groups in total. The molecule has 0 saturated carbocycles. The number of rotatable bonds is 3. The zero-order valence-corrected chi connectivity index (χ0v) is 17.3. The van der Waals surface area contributed by atoms with Gasteiger partial charge >= 0.3 is 0 Å². The molecule has 0 aliphatic heterocycles. The van der Waals surface area contributed by atoms with Gasteiger partial charge in [-0.3, -0.25) is 14.2 Å². The number of benzene rings is 3. The van der Waals surface area contributed by atoms with Crippen LogP contribution < -0.4 is 15.0 Å². The van der Waals surface area contributed by atoms with Gasteiger partial charge in [0.2, 0.25) is 0 Å². The highest BCUT2D eigenvalue weighted by atomic mass is 16.5. The minimum absolute atomic E-state index is 0.121. The van der Waals surface area contributed by atoms with Gasteiger partial charge in [-0.25, -0.2) is 4.98 Å². The summed E-state index contributed by atoms with van der Waals surface area (Å²) in [6.45, 7) is 0. The first-order valence-corrected chi connectivity index (χ1v) is 10.1. The topological polar surface area (TPSA) is 86.2 Å². The van der Waals surface area contributed by atoms with Crippen LogP contribution in [-0.4, -0.2) is 34.5 Å². The molecule has 0 atom stereocenters. The monoisotopic (exact) mass is 423 g/mol. The molecule has 7 nitrogen and oxygen atoms in total. The first kappa shape index (κ1) is 18.4. The number of pyridine rings is 1. The summed E-state index contributed by atoms with van der Waals surface area (Å²) in [5.41, 5.74) is 4.26. The van der Waals surface area contributed by atoms with Crippen molar-refractivity contribution >= 4 is 27.6 Å². The first-order valence-electron chi connectivity index (χ1n) is 10.1. The van der Waals surface area contributed by atoms with Gasteiger partial charge in [-0.2, -0.15) is 0 Å². The Morgan fingerprint density at radius 2 is 1.75 bits per heavy atom. The minimum Gasteiger partial charge on any atom is -0.493 e. The van der Waals surface area contributed by atoms with Crippen molar-refractivity contribution in [2.45, 2.75) is 0 Å². The Balaban J connectivity index is 1.85. The lowest BCUT2D eigenvalue weighted by molar-refractivity contribution is 0.104. The van der Waals surface area contributed by atoms with E-state index in [0.29, 0.717) is 44.8 Å². The molecule has 3 aromatic carbocycles. The summed E-state index contributed by atoms with van der Waals surface area (Å²) >= 11 is 0. The van der Waals surface area contributed by atoms with Crippen molar-refractivity contribution in [3.8, 4) is 28.4 Å². The van der Waals surface area contributed by atoms with Crippen LogP contribution in [0.1, 0.15) is 15.9 Å². The molecular formula is C25H17N3O4. The van der Waals surface area contributed by atoms with Gasteiger partial charge in [-0.05, 0) is 30.3 Å². The molecule has 1 aliphatic carbocycles. The number of hydrogen-bond donors (Lipinski definition) is 1. The number of aromatic nitrogens is 3. The molecule has 5 aromatic rings. The third-order valence-electron chi connectivity index (χ3n) is 6.01. The average Bonchev–Trinajstić information content (AvgIpc) is 3.41. The molecule has 0 saturated heterocycles. The van der Waals surface area contributed by atoms with Gasteiger partial charge in [0, 0.05) is 16.5 Å². The minimum atomic E-state index is -0.294. The second kappa shape index (κ2) is 6.55. The molecule has 156 valence electrons. The number of hydrogen-bond acceptors (Lipinski definition) is 5. The Hall–Kier alpha value is -4.39. The van der Waals surface area contributed by atoms with E-state index in [-0.39, 0.29) is 11.3 Å². The summed E-state index contributed by atoms with van der Waals surface area (Å²) in [5.74, 6) is 0.609. The van der Waals surface area contributed by atoms with Crippen LogP contribution in [0.15, 0.2) is 65.7 Å². The van der Waals surface area contributed by atoms with Crippen LogP contribution >= 0.6 is 0 Å². The van der Waals surface area contributed by atoms with E-state index in [1.54, 1.807) is 29.1 Å². The fourth-order valence-corrected chi connectivity index (χ4v) is 4.62. The number of imidazole rings is 1. The predicted molar refractivity (Wildman–Crippen MR) is 121 cm³/mol. The number of methoxy groups -OCH3 is 2. The van der Waals surface area contributed by atoms with Gasteiger partial charge in [0.25, 0.3) is 5.56 Å². The van der Waals surface area contributed by atoms with Crippen molar-refractivity contribution in [2.24, 2.45) is 0 Å². The molecule has 0 fully saturated rings. The van der Waals surface area contributed by atoms with Crippen molar-refractivity contribution in [1.29, 1.82) is 0 Å². The maximum absolute atomic E-state index is 14.0. The summed E-state index contributed by atoms with van der Waals surface area (Å²) in [4.78, 5) is 34.9. The van der Waals surface area contributed by atoms with Gasteiger partial charge in [0.05, 0.1) is 53.9 Å². The third kappa shape index (κ3) is 2.27. The van der Waals surface area contributed by atoms with Crippen LogP contribution in [0.3, 0.4) is 0 Å². The number of aromatic amines is 1. The quantitative estimate of drug-likeness (QED) is 0.463.